The Kier molecular flexibility index (Phi) is 3.50. The number of fused-ring (bicyclic) bond motifs is 1. The summed E-state index contributed by atoms with van der Waals surface area (Å²) in [5, 5.41) is 1.98. The molecule has 1 saturated carbocycles. The van der Waals surface area contributed by atoms with Crippen molar-refractivity contribution in [2.75, 3.05) is 13.1 Å². The molecule has 2 N–H and O–H groups in total. The van der Waals surface area contributed by atoms with E-state index in [1.165, 1.54) is 0 Å². The molecule has 5 nitrogen and oxygen atoms in total. The number of aromatic nitrogens is 1. The first-order valence-corrected chi connectivity index (χ1v) is 8.60. The largest absolute Gasteiger partial charge is 0.444 e. The van der Waals surface area contributed by atoms with E-state index in [-0.39, 0.29) is 11.9 Å². The fraction of sp³-hybridized carbons (Fsp3) is 0.500. The number of hydrogen-bond donors (Lipinski definition) is 1. The van der Waals surface area contributed by atoms with Crippen molar-refractivity contribution in [3.05, 3.63) is 29.5 Å². The molecule has 1 saturated heterocycles. The molecule has 2 aromatic rings. The van der Waals surface area contributed by atoms with E-state index in [1.807, 2.05) is 22.4 Å². The first-order valence-electron chi connectivity index (χ1n) is 7.72. The highest BCUT2D eigenvalue weighted by atomic mass is 32.1. The third-order valence-electron chi connectivity index (χ3n) is 4.88. The van der Waals surface area contributed by atoms with E-state index < -0.39 is 0 Å². The van der Waals surface area contributed by atoms with Crippen LogP contribution in [0.15, 0.2) is 28.2 Å². The lowest BCUT2D eigenvalue weighted by Gasteiger charge is -2.18. The van der Waals surface area contributed by atoms with E-state index in [0.29, 0.717) is 29.8 Å². The van der Waals surface area contributed by atoms with Crippen molar-refractivity contribution >= 4 is 17.2 Å². The second kappa shape index (κ2) is 5.52. The van der Waals surface area contributed by atoms with Crippen molar-refractivity contribution in [1.29, 1.82) is 0 Å². The van der Waals surface area contributed by atoms with Crippen molar-refractivity contribution in [1.82, 2.24) is 9.88 Å². The average Bonchev–Trinajstić information content (AvgIpc) is 3.23. The van der Waals surface area contributed by atoms with Gasteiger partial charge < -0.3 is 15.1 Å². The molecule has 3 atom stereocenters. The first-order chi connectivity index (χ1) is 10.7. The van der Waals surface area contributed by atoms with Crippen molar-refractivity contribution in [3.8, 4) is 10.8 Å². The summed E-state index contributed by atoms with van der Waals surface area (Å²) < 4.78 is 5.47. The van der Waals surface area contributed by atoms with Gasteiger partial charge in [0, 0.05) is 19.1 Å². The van der Waals surface area contributed by atoms with Crippen LogP contribution in [0.5, 0.6) is 0 Å². The molecule has 2 fully saturated rings. The molecule has 4 rings (SSSR count). The van der Waals surface area contributed by atoms with Crippen LogP contribution in [-0.4, -0.2) is 34.9 Å². The number of nitrogens with zero attached hydrogens (tertiary/aromatic N) is 2. The summed E-state index contributed by atoms with van der Waals surface area (Å²) in [4.78, 5) is 19.8. The minimum Gasteiger partial charge on any atom is -0.444 e. The zero-order chi connectivity index (χ0) is 15.1. The Bertz CT molecular complexity index is 667. The smallest absolute Gasteiger partial charge is 0.236 e. The lowest BCUT2D eigenvalue weighted by atomic mass is 9.98. The van der Waals surface area contributed by atoms with E-state index in [4.69, 9.17) is 10.2 Å². The van der Waals surface area contributed by atoms with E-state index in [0.717, 1.165) is 30.8 Å². The summed E-state index contributed by atoms with van der Waals surface area (Å²) in [6, 6.07) is 4.19. The van der Waals surface area contributed by atoms with Gasteiger partial charge in [0.05, 0.1) is 17.0 Å². The number of thiophene rings is 1. The molecule has 1 aliphatic heterocycles. The number of oxazole rings is 1. The molecule has 1 aliphatic carbocycles. The van der Waals surface area contributed by atoms with Crippen molar-refractivity contribution in [2.45, 2.75) is 25.3 Å². The van der Waals surface area contributed by atoms with E-state index in [1.54, 1.807) is 17.6 Å². The minimum absolute atomic E-state index is 0.132. The minimum atomic E-state index is 0.132. The predicted molar refractivity (Wildman–Crippen MR) is 84.3 cm³/mol. The molecule has 6 heteroatoms. The van der Waals surface area contributed by atoms with Gasteiger partial charge in [-0.05, 0) is 36.1 Å². The SMILES string of the molecule is NC1CCC2CN(C(=O)Cc3coc(-c4cccs4)n3)CC12. The van der Waals surface area contributed by atoms with E-state index in [2.05, 4.69) is 4.98 Å². The van der Waals surface area contributed by atoms with Crippen molar-refractivity contribution < 1.29 is 9.21 Å². The van der Waals surface area contributed by atoms with Crippen LogP contribution < -0.4 is 5.73 Å². The number of amides is 1. The van der Waals surface area contributed by atoms with Crippen LogP contribution in [0.1, 0.15) is 18.5 Å². The molecular weight excluding hydrogens is 298 g/mol. The van der Waals surface area contributed by atoms with Crippen molar-refractivity contribution in [3.63, 3.8) is 0 Å². The molecule has 0 radical (unpaired) electrons. The molecule has 1 amide bonds. The first kappa shape index (κ1) is 14.0. The molecule has 0 aromatic carbocycles. The second-order valence-electron chi connectivity index (χ2n) is 6.26. The number of carbonyl (C=O) groups is 1. The quantitative estimate of drug-likeness (QED) is 0.941. The third-order valence-corrected chi connectivity index (χ3v) is 5.74. The summed E-state index contributed by atoms with van der Waals surface area (Å²) >= 11 is 1.58. The van der Waals surface area contributed by atoms with Crippen molar-refractivity contribution in [2.24, 2.45) is 17.6 Å². The highest BCUT2D eigenvalue weighted by Gasteiger charge is 2.42. The van der Waals surface area contributed by atoms with E-state index >= 15 is 0 Å². The summed E-state index contributed by atoms with van der Waals surface area (Å²) in [7, 11) is 0. The molecule has 0 spiro atoms. The zero-order valence-electron chi connectivity index (χ0n) is 12.3. The fourth-order valence-electron chi connectivity index (χ4n) is 3.68. The number of hydrogen-bond acceptors (Lipinski definition) is 5. The summed E-state index contributed by atoms with van der Waals surface area (Å²) in [6.45, 7) is 1.66. The van der Waals surface area contributed by atoms with Gasteiger partial charge in [-0.15, -0.1) is 11.3 Å². The Labute approximate surface area is 133 Å². The normalized spacial score (nSPS) is 27.3. The Hall–Kier alpha value is -1.66. The maximum atomic E-state index is 12.5. The maximum absolute atomic E-state index is 12.5. The monoisotopic (exact) mass is 317 g/mol. The van der Waals surface area contributed by atoms with Gasteiger partial charge in [0.15, 0.2) is 0 Å². The summed E-state index contributed by atoms with van der Waals surface area (Å²) in [5.41, 5.74) is 6.83. The summed E-state index contributed by atoms with van der Waals surface area (Å²) in [5.74, 6) is 1.81. The highest BCUT2D eigenvalue weighted by Crippen LogP contribution is 2.37. The molecule has 116 valence electrons. The van der Waals surface area contributed by atoms with Gasteiger partial charge in [-0.3, -0.25) is 4.79 Å². The maximum Gasteiger partial charge on any atom is 0.236 e. The Balaban J connectivity index is 1.41. The molecule has 2 aliphatic rings. The second-order valence-corrected chi connectivity index (χ2v) is 7.21. The lowest BCUT2D eigenvalue weighted by Crippen LogP contribution is -2.34. The van der Waals surface area contributed by atoms with Crippen LogP contribution in [0, 0.1) is 11.8 Å². The zero-order valence-corrected chi connectivity index (χ0v) is 13.1. The molecule has 3 unspecified atom stereocenters. The Morgan fingerprint density at radius 1 is 1.45 bits per heavy atom. The average molecular weight is 317 g/mol. The number of carbonyl (C=O) groups excluding carboxylic acids is 1. The van der Waals surface area contributed by atoms with Gasteiger partial charge in [0.25, 0.3) is 0 Å². The van der Waals surface area contributed by atoms with Crippen LogP contribution in [0.2, 0.25) is 0 Å². The third kappa shape index (κ3) is 2.46. The highest BCUT2D eigenvalue weighted by molar-refractivity contribution is 7.13. The van der Waals surface area contributed by atoms with E-state index in [9.17, 15) is 4.79 Å². The van der Waals surface area contributed by atoms with Gasteiger partial charge in [0.2, 0.25) is 11.8 Å². The Morgan fingerprint density at radius 2 is 2.36 bits per heavy atom. The van der Waals surface area contributed by atoms with Crippen LogP contribution >= 0.6 is 11.3 Å². The molecule has 3 heterocycles. The van der Waals surface area contributed by atoms with Crippen LogP contribution in [0.25, 0.3) is 10.8 Å². The fourth-order valence-corrected chi connectivity index (χ4v) is 4.33. The molecule has 22 heavy (non-hydrogen) atoms. The van der Waals surface area contributed by atoms with Gasteiger partial charge in [-0.2, -0.15) is 0 Å². The molecule has 0 bridgehead atoms. The van der Waals surface area contributed by atoms with Gasteiger partial charge in [0.1, 0.15) is 6.26 Å². The molecule has 2 aromatic heterocycles. The molecular formula is C16H19N3O2S. The standard InChI is InChI=1S/C16H19N3O2S/c17-13-4-3-10-7-19(8-12(10)13)15(20)6-11-9-21-16(18-11)14-2-1-5-22-14/h1-2,5,9-10,12-13H,3-4,6-8,17H2. The number of nitrogens with two attached hydrogens (primary N) is 1. The Morgan fingerprint density at radius 3 is 3.14 bits per heavy atom. The number of rotatable bonds is 3. The van der Waals surface area contributed by atoms with Crippen LogP contribution in [0.3, 0.4) is 0 Å². The van der Waals surface area contributed by atoms with Crippen LogP contribution in [0.4, 0.5) is 0 Å². The van der Waals surface area contributed by atoms with Gasteiger partial charge in [-0.25, -0.2) is 4.98 Å². The number of likely N-dealkylation sites (tertiary alicyclic amines) is 1. The topological polar surface area (TPSA) is 72.4 Å². The lowest BCUT2D eigenvalue weighted by molar-refractivity contribution is -0.129. The van der Waals surface area contributed by atoms with Gasteiger partial charge >= 0.3 is 0 Å². The predicted octanol–water partition coefficient (Wildman–Crippen LogP) is 2.14. The summed E-state index contributed by atoms with van der Waals surface area (Å²) in [6.07, 6.45) is 4.16. The van der Waals surface area contributed by atoms with Crippen LogP contribution in [-0.2, 0) is 11.2 Å². The van der Waals surface area contributed by atoms with Gasteiger partial charge in [-0.1, -0.05) is 6.07 Å².